The number of aromatic nitrogens is 3. The van der Waals surface area contributed by atoms with E-state index in [9.17, 15) is 0 Å². The third-order valence-corrected chi connectivity index (χ3v) is 5.34. The molecule has 0 bridgehead atoms. The molecule has 1 aromatic heterocycles. The van der Waals surface area contributed by atoms with Gasteiger partial charge in [0.15, 0.2) is 0 Å². The lowest BCUT2D eigenvalue weighted by atomic mass is 9.64. The monoisotopic (exact) mass is 274 g/mol. The molecule has 20 heavy (non-hydrogen) atoms. The van der Waals surface area contributed by atoms with E-state index in [1.54, 1.807) is 0 Å². The fourth-order valence-corrected chi connectivity index (χ4v) is 3.91. The zero-order valence-electron chi connectivity index (χ0n) is 12.3. The predicted octanol–water partition coefficient (Wildman–Crippen LogP) is 1.88. The smallest absolute Gasteiger partial charge is 0.245 e. The van der Waals surface area contributed by atoms with Crippen LogP contribution in [0, 0.1) is 25.2 Å². The van der Waals surface area contributed by atoms with Gasteiger partial charge in [0.1, 0.15) is 0 Å². The summed E-state index contributed by atoms with van der Waals surface area (Å²) in [6.07, 6.45) is 5.12. The van der Waals surface area contributed by atoms with E-state index in [1.165, 1.54) is 25.7 Å². The topological polar surface area (TPSA) is 51.1 Å². The van der Waals surface area contributed by atoms with Crippen molar-refractivity contribution in [3.05, 3.63) is 11.4 Å². The zero-order valence-corrected chi connectivity index (χ0v) is 12.3. The van der Waals surface area contributed by atoms with Gasteiger partial charge in [-0.15, -0.1) is 5.10 Å². The number of nitrogens with zero attached hydrogens (tertiary/aromatic N) is 4. The maximum atomic E-state index is 5.56. The van der Waals surface area contributed by atoms with Crippen molar-refractivity contribution < 1.29 is 4.74 Å². The van der Waals surface area contributed by atoms with Crippen LogP contribution in [0.25, 0.3) is 0 Å². The van der Waals surface area contributed by atoms with Gasteiger partial charge in [0.2, 0.25) is 5.95 Å². The second-order valence-corrected chi connectivity index (χ2v) is 6.67. The maximum absolute atomic E-state index is 5.56. The summed E-state index contributed by atoms with van der Waals surface area (Å²) in [5.74, 6) is 1.68. The lowest BCUT2D eigenvalue weighted by Crippen LogP contribution is -2.68. The Bertz CT molecular complexity index is 523. The molecule has 1 atom stereocenters. The Balaban J connectivity index is 1.61. The molecule has 1 saturated carbocycles. The first-order chi connectivity index (χ1) is 9.70. The fraction of sp³-hybridized carbons (Fsp3) is 0.800. The molecule has 0 N–H and O–H groups in total. The molecule has 1 unspecified atom stereocenters. The largest absolute Gasteiger partial charge is 0.381 e. The third-order valence-electron chi connectivity index (χ3n) is 5.34. The number of anilines is 1. The van der Waals surface area contributed by atoms with Gasteiger partial charge in [-0.1, -0.05) is 0 Å². The summed E-state index contributed by atoms with van der Waals surface area (Å²) in [6, 6.07) is 0.621. The van der Waals surface area contributed by atoms with Crippen LogP contribution in [0.3, 0.4) is 0 Å². The van der Waals surface area contributed by atoms with Crippen LogP contribution in [-0.4, -0.2) is 41.0 Å². The Morgan fingerprint density at radius 3 is 2.50 bits per heavy atom. The fourth-order valence-electron chi connectivity index (χ4n) is 3.91. The van der Waals surface area contributed by atoms with Crippen molar-refractivity contribution >= 4 is 5.95 Å². The first-order valence-electron chi connectivity index (χ1n) is 7.72. The molecule has 1 aromatic rings. The van der Waals surface area contributed by atoms with Crippen molar-refractivity contribution in [2.75, 3.05) is 24.7 Å². The van der Waals surface area contributed by atoms with E-state index in [0.717, 1.165) is 43.0 Å². The minimum absolute atomic E-state index is 0.460. The van der Waals surface area contributed by atoms with Crippen molar-refractivity contribution in [1.82, 2.24) is 15.2 Å². The first kappa shape index (κ1) is 12.5. The van der Waals surface area contributed by atoms with Gasteiger partial charge in [0, 0.05) is 31.2 Å². The van der Waals surface area contributed by atoms with E-state index in [4.69, 9.17) is 4.74 Å². The predicted molar refractivity (Wildman–Crippen MR) is 75.6 cm³/mol. The van der Waals surface area contributed by atoms with Crippen LogP contribution in [0.15, 0.2) is 0 Å². The van der Waals surface area contributed by atoms with Crippen LogP contribution < -0.4 is 4.90 Å². The van der Waals surface area contributed by atoms with Crippen LogP contribution in [0.5, 0.6) is 0 Å². The Kier molecular flexibility index (Phi) is 2.74. The normalized spacial score (nSPS) is 28.5. The molecule has 2 saturated heterocycles. The van der Waals surface area contributed by atoms with Gasteiger partial charge in [0.25, 0.3) is 0 Å². The number of ether oxygens (including phenoxy) is 1. The Morgan fingerprint density at radius 2 is 1.85 bits per heavy atom. The minimum atomic E-state index is 0.460. The molecule has 0 aromatic carbocycles. The summed E-state index contributed by atoms with van der Waals surface area (Å²) in [7, 11) is 0. The Morgan fingerprint density at radius 1 is 1.10 bits per heavy atom. The summed E-state index contributed by atoms with van der Waals surface area (Å²) >= 11 is 0. The van der Waals surface area contributed by atoms with Crippen LogP contribution in [0.1, 0.15) is 37.1 Å². The highest BCUT2D eigenvalue weighted by Gasteiger charge is 2.58. The van der Waals surface area contributed by atoms with Crippen molar-refractivity contribution in [1.29, 1.82) is 0 Å². The molecule has 1 spiro atoms. The number of aryl methyl sites for hydroxylation is 2. The van der Waals surface area contributed by atoms with Crippen LogP contribution >= 0.6 is 0 Å². The summed E-state index contributed by atoms with van der Waals surface area (Å²) in [6.45, 7) is 6.91. The minimum Gasteiger partial charge on any atom is -0.381 e. The lowest BCUT2D eigenvalue weighted by Gasteiger charge is -2.59. The summed E-state index contributed by atoms with van der Waals surface area (Å²) in [4.78, 5) is 7.06. The third kappa shape index (κ3) is 1.83. The van der Waals surface area contributed by atoms with E-state index in [2.05, 4.69) is 20.1 Å². The number of rotatable bonds is 2. The molecule has 0 amide bonds. The van der Waals surface area contributed by atoms with Crippen LogP contribution in [-0.2, 0) is 4.74 Å². The molecule has 5 heteroatoms. The number of hydrogen-bond donors (Lipinski definition) is 0. The van der Waals surface area contributed by atoms with Gasteiger partial charge in [-0.3, -0.25) is 0 Å². The van der Waals surface area contributed by atoms with Crippen LogP contribution in [0.2, 0.25) is 0 Å². The molecule has 3 fully saturated rings. The van der Waals surface area contributed by atoms with Gasteiger partial charge in [-0.25, -0.2) is 4.98 Å². The second kappa shape index (κ2) is 4.38. The quantitative estimate of drug-likeness (QED) is 0.824. The Labute approximate surface area is 119 Å². The molecule has 108 valence electrons. The Hall–Kier alpha value is -1.23. The van der Waals surface area contributed by atoms with Gasteiger partial charge in [-0.05, 0) is 45.4 Å². The number of hydrogen-bond acceptors (Lipinski definition) is 5. The highest BCUT2D eigenvalue weighted by Crippen LogP contribution is 2.55. The molecular weight excluding hydrogens is 252 g/mol. The second-order valence-electron chi connectivity index (χ2n) is 6.67. The van der Waals surface area contributed by atoms with Crippen LogP contribution in [0.4, 0.5) is 5.95 Å². The zero-order chi connectivity index (χ0) is 13.7. The van der Waals surface area contributed by atoms with Gasteiger partial charge >= 0.3 is 0 Å². The molecule has 2 aliphatic heterocycles. The maximum Gasteiger partial charge on any atom is 0.245 e. The molecule has 4 rings (SSSR count). The van der Waals surface area contributed by atoms with Crippen molar-refractivity contribution in [2.45, 2.75) is 45.6 Å². The van der Waals surface area contributed by atoms with E-state index in [0.29, 0.717) is 11.5 Å². The average Bonchev–Trinajstić information content (AvgIpc) is 3.25. The first-order valence-corrected chi connectivity index (χ1v) is 7.72. The molecule has 3 aliphatic rings. The van der Waals surface area contributed by atoms with E-state index in [1.807, 2.05) is 13.8 Å². The summed E-state index contributed by atoms with van der Waals surface area (Å²) < 4.78 is 5.56. The van der Waals surface area contributed by atoms with Gasteiger partial charge in [0.05, 0.1) is 11.4 Å². The summed E-state index contributed by atoms with van der Waals surface area (Å²) in [5, 5.41) is 8.58. The molecule has 5 nitrogen and oxygen atoms in total. The average molecular weight is 274 g/mol. The molecule has 0 radical (unpaired) electrons. The molecule has 3 heterocycles. The van der Waals surface area contributed by atoms with Gasteiger partial charge < -0.3 is 9.64 Å². The summed E-state index contributed by atoms with van der Waals surface area (Å²) in [5.41, 5.74) is 2.39. The molecule has 1 aliphatic carbocycles. The molecular formula is C15H22N4O. The van der Waals surface area contributed by atoms with Gasteiger partial charge in [-0.2, -0.15) is 5.10 Å². The van der Waals surface area contributed by atoms with E-state index >= 15 is 0 Å². The highest BCUT2D eigenvalue weighted by atomic mass is 16.5. The van der Waals surface area contributed by atoms with E-state index < -0.39 is 0 Å². The lowest BCUT2D eigenvalue weighted by molar-refractivity contribution is -0.0345. The van der Waals surface area contributed by atoms with E-state index in [-0.39, 0.29) is 0 Å². The van der Waals surface area contributed by atoms with Crippen molar-refractivity contribution in [3.8, 4) is 0 Å². The van der Waals surface area contributed by atoms with Crippen molar-refractivity contribution in [2.24, 2.45) is 11.3 Å². The standard InChI is InChI=1S/C15H22N4O/c1-10-11(2)17-18-14(16-10)19-9-15(5-7-20-8-6-15)13(19)12-3-4-12/h12-13H,3-9H2,1-2H3. The van der Waals surface area contributed by atoms with Crippen molar-refractivity contribution in [3.63, 3.8) is 0 Å². The highest BCUT2D eigenvalue weighted by molar-refractivity contribution is 5.41. The SMILES string of the molecule is Cc1nnc(N2CC3(CCOCC3)C2C2CC2)nc1C.